The lowest BCUT2D eigenvalue weighted by atomic mass is 9.99. The van der Waals surface area contributed by atoms with Crippen LogP contribution in [-0.2, 0) is 10.0 Å². The highest BCUT2D eigenvalue weighted by atomic mass is 32.2. The summed E-state index contributed by atoms with van der Waals surface area (Å²) < 4.78 is 25.8. The minimum absolute atomic E-state index is 0.110. The van der Waals surface area contributed by atoms with Gasteiger partial charge in [-0.3, -0.25) is 0 Å². The number of aromatic amines is 1. The quantitative estimate of drug-likeness (QED) is 0.793. The first kappa shape index (κ1) is 12.2. The van der Waals surface area contributed by atoms with Crippen LogP contribution < -0.4 is 4.72 Å². The van der Waals surface area contributed by atoms with Crippen molar-refractivity contribution in [1.82, 2.24) is 14.7 Å². The molecule has 1 rings (SSSR count). The van der Waals surface area contributed by atoms with Gasteiger partial charge >= 0.3 is 0 Å². The van der Waals surface area contributed by atoms with Crippen molar-refractivity contribution in [3.8, 4) is 0 Å². The number of hydrogen-bond donors (Lipinski definition) is 2. The monoisotopic (exact) mass is 231 g/mol. The highest BCUT2D eigenvalue weighted by Crippen LogP contribution is 2.09. The molecule has 0 aliphatic rings. The molecule has 0 bridgehead atoms. The van der Waals surface area contributed by atoms with Crippen LogP contribution in [0.2, 0.25) is 0 Å². The number of imidazole rings is 1. The molecule has 86 valence electrons. The van der Waals surface area contributed by atoms with Gasteiger partial charge in [-0.1, -0.05) is 20.8 Å². The summed E-state index contributed by atoms with van der Waals surface area (Å²) in [6.45, 7) is 6.59. The van der Waals surface area contributed by atoms with Gasteiger partial charge in [0, 0.05) is 6.54 Å². The minimum atomic E-state index is -3.41. The molecular formula is C9H17N3O2S. The van der Waals surface area contributed by atoms with Gasteiger partial charge in [0.2, 0.25) is 0 Å². The van der Waals surface area contributed by atoms with E-state index in [-0.39, 0.29) is 5.03 Å². The van der Waals surface area contributed by atoms with Crippen molar-refractivity contribution in [2.45, 2.75) is 25.8 Å². The average Bonchev–Trinajstić information content (AvgIpc) is 2.67. The Balaban J connectivity index is 2.59. The molecule has 0 aliphatic carbocycles. The molecule has 1 unspecified atom stereocenters. The van der Waals surface area contributed by atoms with E-state index in [2.05, 4.69) is 28.5 Å². The molecule has 0 aliphatic heterocycles. The third kappa shape index (κ3) is 3.32. The Hall–Kier alpha value is -0.880. The Morgan fingerprint density at radius 3 is 2.60 bits per heavy atom. The third-order valence-electron chi connectivity index (χ3n) is 2.50. The summed E-state index contributed by atoms with van der Waals surface area (Å²) in [6.07, 6.45) is 2.64. The van der Waals surface area contributed by atoms with Crippen LogP contribution in [0.15, 0.2) is 17.6 Å². The maximum Gasteiger partial charge on any atom is 0.257 e. The molecule has 0 amide bonds. The predicted molar refractivity (Wildman–Crippen MR) is 57.8 cm³/mol. The molecule has 1 aromatic heterocycles. The Kier molecular flexibility index (Phi) is 3.87. The second kappa shape index (κ2) is 4.76. The maximum absolute atomic E-state index is 11.6. The van der Waals surface area contributed by atoms with Crippen LogP contribution in [0.5, 0.6) is 0 Å². The lowest BCUT2D eigenvalue weighted by Crippen LogP contribution is -2.30. The van der Waals surface area contributed by atoms with Crippen LogP contribution in [-0.4, -0.2) is 24.9 Å². The second-order valence-electron chi connectivity index (χ2n) is 3.99. The molecule has 0 saturated heterocycles. The number of hydrogen-bond acceptors (Lipinski definition) is 3. The van der Waals surface area contributed by atoms with Crippen LogP contribution in [0.4, 0.5) is 0 Å². The number of nitrogens with zero attached hydrogens (tertiary/aromatic N) is 1. The predicted octanol–water partition coefficient (Wildman–Crippen LogP) is 0.980. The van der Waals surface area contributed by atoms with E-state index in [1.807, 2.05) is 6.92 Å². The zero-order valence-corrected chi connectivity index (χ0v) is 10.0. The number of aromatic nitrogens is 2. The second-order valence-corrected chi connectivity index (χ2v) is 5.72. The summed E-state index contributed by atoms with van der Waals surface area (Å²) in [6, 6.07) is 0. The minimum Gasteiger partial charge on any atom is -0.335 e. The van der Waals surface area contributed by atoms with Gasteiger partial charge in [0.15, 0.2) is 5.03 Å². The fraction of sp³-hybridized carbons (Fsp3) is 0.667. The lowest BCUT2D eigenvalue weighted by molar-refractivity contribution is 0.414. The van der Waals surface area contributed by atoms with E-state index in [0.29, 0.717) is 18.4 Å². The van der Waals surface area contributed by atoms with Gasteiger partial charge < -0.3 is 4.98 Å². The standard InChI is InChI=1S/C9H17N3O2S/c1-7(2)8(3)4-12-15(13,14)9-5-10-6-11-9/h5-8,12H,4H2,1-3H3,(H,10,11). The Labute approximate surface area is 90.4 Å². The number of rotatable bonds is 5. The summed E-state index contributed by atoms with van der Waals surface area (Å²) >= 11 is 0. The van der Waals surface area contributed by atoms with Crippen LogP contribution in [0, 0.1) is 11.8 Å². The van der Waals surface area contributed by atoms with Crippen molar-refractivity contribution in [2.75, 3.05) is 6.54 Å². The van der Waals surface area contributed by atoms with Crippen LogP contribution >= 0.6 is 0 Å². The topological polar surface area (TPSA) is 74.8 Å². The zero-order valence-electron chi connectivity index (χ0n) is 9.19. The molecule has 6 heteroatoms. The van der Waals surface area contributed by atoms with E-state index in [1.54, 1.807) is 0 Å². The molecule has 1 heterocycles. The van der Waals surface area contributed by atoms with E-state index in [4.69, 9.17) is 0 Å². The summed E-state index contributed by atoms with van der Waals surface area (Å²) in [5.41, 5.74) is 0. The van der Waals surface area contributed by atoms with Gasteiger partial charge in [-0.05, 0) is 11.8 Å². The summed E-state index contributed by atoms with van der Waals surface area (Å²) in [5.74, 6) is 0.761. The Morgan fingerprint density at radius 1 is 1.47 bits per heavy atom. The van der Waals surface area contributed by atoms with Crippen molar-refractivity contribution in [3.63, 3.8) is 0 Å². The van der Waals surface area contributed by atoms with Gasteiger partial charge in [-0.25, -0.2) is 18.1 Å². The Morgan fingerprint density at radius 2 is 2.13 bits per heavy atom. The molecule has 1 atom stereocenters. The molecule has 2 N–H and O–H groups in total. The third-order valence-corrected chi connectivity index (χ3v) is 3.85. The molecule has 5 nitrogen and oxygen atoms in total. The lowest BCUT2D eigenvalue weighted by Gasteiger charge is -2.15. The van der Waals surface area contributed by atoms with Crippen LogP contribution in [0.25, 0.3) is 0 Å². The average molecular weight is 231 g/mol. The molecule has 0 aromatic carbocycles. The zero-order chi connectivity index (χ0) is 11.5. The van der Waals surface area contributed by atoms with Gasteiger partial charge in [0.1, 0.15) is 0 Å². The first-order valence-electron chi connectivity index (χ1n) is 4.91. The van der Waals surface area contributed by atoms with Crippen LogP contribution in [0.3, 0.4) is 0 Å². The van der Waals surface area contributed by atoms with Crippen molar-refractivity contribution in [3.05, 3.63) is 12.5 Å². The van der Waals surface area contributed by atoms with Gasteiger partial charge in [0.25, 0.3) is 10.0 Å². The van der Waals surface area contributed by atoms with Crippen molar-refractivity contribution in [2.24, 2.45) is 11.8 Å². The van der Waals surface area contributed by atoms with Gasteiger partial charge in [0.05, 0.1) is 12.5 Å². The van der Waals surface area contributed by atoms with Gasteiger partial charge in [-0.2, -0.15) is 0 Å². The first-order chi connectivity index (χ1) is 6.93. The van der Waals surface area contributed by atoms with E-state index in [0.717, 1.165) is 0 Å². The summed E-state index contributed by atoms with van der Waals surface area (Å²) in [7, 11) is -3.41. The number of H-pyrrole nitrogens is 1. The van der Waals surface area contributed by atoms with E-state index in [1.165, 1.54) is 12.5 Å². The van der Waals surface area contributed by atoms with Gasteiger partial charge in [-0.15, -0.1) is 0 Å². The number of nitrogens with one attached hydrogen (secondary N) is 2. The van der Waals surface area contributed by atoms with Crippen LogP contribution in [0.1, 0.15) is 20.8 Å². The molecule has 0 radical (unpaired) electrons. The van der Waals surface area contributed by atoms with E-state index < -0.39 is 10.0 Å². The van der Waals surface area contributed by atoms with E-state index in [9.17, 15) is 8.42 Å². The fourth-order valence-electron chi connectivity index (χ4n) is 0.945. The molecular weight excluding hydrogens is 214 g/mol. The van der Waals surface area contributed by atoms with Crippen molar-refractivity contribution < 1.29 is 8.42 Å². The maximum atomic E-state index is 11.6. The van der Waals surface area contributed by atoms with E-state index >= 15 is 0 Å². The Bertz CT molecular complexity index is 383. The summed E-state index contributed by atoms with van der Waals surface area (Å²) in [4.78, 5) is 6.24. The molecule has 15 heavy (non-hydrogen) atoms. The SMILES string of the molecule is CC(C)C(C)CNS(=O)(=O)c1cnc[nH]1. The highest BCUT2D eigenvalue weighted by Gasteiger charge is 2.17. The van der Waals surface area contributed by atoms with Crippen molar-refractivity contribution in [1.29, 1.82) is 0 Å². The molecule has 0 fully saturated rings. The molecule has 0 spiro atoms. The summed E-state index contributed by atoms with van der Waals surface area (Å²) in [5, 5.41) is 0.110. The molecule has 0 saturated carbocycles. The first-order valence-corrected chi connectivity index (χ1v) is 6.40. The number of sulfonamides is 1. The van der Waals surface area contributed by atoms with Crippen molar-refractivity contribution >= 4 is 10.0 Å². The normalized spacial score (nSPS) is 14.4. The highest BCUT2D eigenvalue weighted by molar-refractivity contribution is 7.89. The molecule has 1 aromatic rings. The fourth-order valence-corrected chi connectivity index (χ4v) is 1.99. The smallest absolute Gasteiger partial charge is 0.257 e. The largest absolute Gasteiger partial charge is 0.335 e.